The third kappa shape index (κ3) is 2.99. The number of hydrogen-bond acceptors (Lipinski definition) is 5. The first-order valence-electron chi connectivity index (χ1n) is 6.93. The van der Waals surface area contributed by atoms with Crippen molar-refractivity contribution in [1.82, 2.24) is 9.97 Å². The monoisotopic (exact) mass is 273 g/mol. The molecule has 1 N–H and O–H groups in total. The van der Waals surface area contributed by atoms with Crippen molar-refractivity contribution in [3.8, 4) is 0 Å². The molecule has 20 heavy (non-hydrogen) atoms. The van der Waals surface area contributed by atoms with Crippen molar-refractivity contribution >= 4 is 5.82 Å². The highest BCUT2D eigenvalue weighted by molar-refractivity contribution is 5.37. The molecule has 0 radical (unpaired) electrons. The van der Waals surface area contributed by atoms with Crippen LogP contribution in [0, 0.1) is 13.8 Å². The van der Waals surface area contributed by atoms with Gasteiger partial charge in [-0.1, -0.05) is 0 Å². The molecule has 5 heteroatoms. The first-order chi connectivity index (χ1) is 9.70. The maximum atomic E-state index is 5.54. The van der Waals surface area contributed by atoms with Crippen LogP contribution in [0.15, 0.2) is 22.6 Å². The fraction of sp³-hybridized carbons (Fsp3) is 0.467. The number of ether oxygens (including phenoxy) is 1. The van der Waals surface area contributed by atoms with Crippen LogP contribution in [-0.2, 0) is 11.3 Å². The zero-order valence-electron chi connectivity index (χ0n) is 11.8. The smallest absolute Gasteiger partial charge is 0.130 e. The van der Waals surface area contributed by atoms with Crippen LogP contribution in [0.3, 0.4) is 0 Å². The van der Waals surface area contributed by atoms with E-state index in [1.807, 2.05) is 32.0 Å². The van der Waals surface area contributed by atoms with Crippen LogP contribution < -0.4 is 5.32 Å². The van der Waals surface area contributed by atoms with E-state index in [9.17, 15) is 0 Å². The molecule has 1 aliphatic rings. The van der Waals surface area contributed by atoms with Gasteiger partial charge in [0, 0.05) is 18.6 Å². The molecule has 3 rings (SSSR count). The van der Waals surface area contributed by atoms with Crippen LogP contribution in [-0.4, -0.2) is 23.2 Å². The fourth-order valence-electron chi connectivity index (χ4n) is 2.42. The Bertz CT molecular complexity index is 589. The van der Waals surface area contributed by atoms with Gasteiger partial charge < -0.3 is 14.5 Å². The summed E-state index contributed by atoms with van der Waals surface area (Å²) in [7, 11) is 0. The minimum atomic E-state index is 0.392. The first kappa shape index (κ1) is 13.1. The Labute approximate surface area is 118 Å². The summed E-state index contributed by atoms with van der Waals surface area (Å²) in [6.45, 7) is 6.07. The quantitative estimate of drug-likeness (QED) is 0.928. The summed E-state index contributed by atoms with van der Waals surface area (Å²) < 4.78 is 11.0. The van der Waals surface area contributed by atoms with Crippen molar-refractivity contribution in [3.05, 3.63) is 41.2 Å². The molecule has 0 spiro atoms. The van der Waals surface area contributed by atoms with Gasteiger partial charge in [0.25, 0.3) is 0 Å². The maximum absolute atomic E-state index is 5.54. The zero-order chi connectivity index (χ0) is 13.9. The molecule has 0 amide bonds. The summed E-state index contributed by atoms with van der Waals surface area (Å²) in [6.07, 6.45) is 1.03. The number of nitrogens with zero attached hydrogens (tertiary/aromatic N) is 2. The lowest BCUT2D eigenvalue weighted by Gasteiger charge is -2.11. The normalized spacial score (nSPS) is 18.4. The minimum absolute atomic E-state index is 0.392. The first-order valence-corrected chi connectivity index (χ1v) is 6.93. The zero-order valence-corrected chi connectivity index (χ0v) is 11.8. The average Bonchev–Trinajstić information content (AvgIpc) is 3.07. The molecule has 2 aromatic rings. The predicted molar refractivity (Wildman–Crippen MR) is 75.7 cm³/mol. The van der Waals surface area contributed by atoms with Gasteiger partial charge in [-0.25, -0.2) is 9.97 Å². The van der Waals surface area contributed by atoms with Crippen molar-refractivity contribution in [3.63, 3.8) is 0 Å². The highest BCUT2D eigenvalue weighted by Crippen LogP contribution is 2.25. The number of anilines is 1. The molecule has 0 aliphatic carbocycles. The van der Waals surface area contributed by atoms with Gasteiger partial charge in [-0.2, -0.15) is 0 Å². The predicted octanol–water partition coefficient (Wildman–Crippen LogP) is 2.80. The van der Waals surface area contributed by atoms with Crippen molar-refractivity contribution in [2.45, 2.75) is 32.7 Å². The molecular weight excluding hydrogens is 254 g/mol. The molecule has 2 aromatic heterocycles. The summed E-state index contributed by atoms with van der Waals surface area (Å²) in [5.74, 6) is 3.85. The largest absolute Gasteiger partial charge is 0.465 e. The SMILES string of the molecule is Cc1nc(NCc2ccc(C)o2)cc([C@@H]2CCOC2)n1. The third-order valence-corrected chi connectivity index (χ3v) is 3.45. The van der Waals surface area contributed by atoms with Crippen LogP contribution in [0.1, 0.15) is 35.4 Å². The maximum Gasteiger partial charge on any atom is 0.130 e. The summed E-state index contributed by atoms with van der Waals surface area (Å²) in [6, 6.07) is 5.95. The number of furan rings is 1. The van der Waals surface area contributed by atoms with Crippen molar-refractivity contribution < 1.29 is 9.15 Å². The van der Waals surface area contributed by atoms with Gasteiger partial charge in [-0.15, -0.1) is 0 Å². The topological polar surface area (TPSA) is 60.2 Å². The van der Waals surface area contributed by atoms with E-state index in [2.05, 4.69) is 15.3 Å². The van der Waals surface area contributed by atoms with Crippen molar-refractivity contribution in [1.29, 1.82) is 0 Å². The van der Waals surface area contributed by atoms with E-state index in [-0.39, 0.29) is 0 Å². The van der Waals surface area contributed by atoms with Gasteiger partial charge >= 0.3 is 0 Å². The van der Waals surface area contributed by atoms with Gasteiger partial charge in [0.05, 0.1) is 18.8 Å². The Balaban J connectivity index is 1.72. The molecule has 0 unspecified atom stereocenters. The van der Waals surface area contributed by atoms with E-state index in [1.54, 1.807) is 0 Å². The standard InChI is InChI=1S/C15H19N3O2/c1-10-3-4-13(20-10)8-16-15-7-14(17-11(2)18-15)12-5-6-19-9-12/h3-4,7,12H,5-6,8-9H2,1-2H3,(H,16,17,18)/t12-/m1/s1. The third-order valence-electron chi connectivity index (χ3n) is 3.45. The molecule has 1 saturated heterocycles. The molecule has 3 heterocycles. The Morgan fingerprint density at radius 3 is 2.90 bits per heavy atom. The Morgan fingerprint density at radius 1 is 1.30 bits per heavy atom. The fourth-order valence-corrected chi connectivity index (χ4v) is 2.42. The highest BCUT2D eigenvalue weighted by atomic mass is 16.5. The van der Waals surface area contributed by atoms with Gasteiger partial charge in [-0.3, -0.25) is 0 Å². The molecule has 1 atom stereocenters. The summed E-state index contributed by atoms with van der Waals surface area (Å²) in [5, 5.41) is 3.29. The number of aromatic nitrogens is 2. The van der Waals surface area contributed by atoms with Crippen LogP contribution >= 0.6 is 0 Å². The van der Waals surface area contributed by atoms with Crippen LogP contribution in [0.2, 0.25) is 0 Å². The molecule has 1 aliphatic heterocycles. The van der Waals surface area contributed by atoms with E-state index in [4.69, 9.17) is 9.15 Å². The van der Waals surface area contributed by atoms with Crippen molar-refractivity contribution in [2.75, 3.05) is 18.5 Å². The molecule has 106 valence electrons. The average molecular weight is 273 g/mol. The van der Waals surface area contributed by atoms with E-state index < -0.39 is 0 Å². The summed E-state index contributed by atoms with van der Waals surface area (Å²) in [5.41, 5.74) is 1.06. The Kier molecular flexibility index (Phi) is 3.69. The van der Waals surface area contributed by atoms with E-state index in [1.165, 1.54) is 0 Å². The number of hydrogen-bond donors (Lipinski definition) is 1. The van der Waals surface area contributed by atoms with Gasteiger partial charge in [0.2, 0.25) is 0 Å². The van der Waals surface area contributed by atoms with Crippen LogP contribution in [0.4, 0.5) is 5.82 Å². The van der Waals surface area contributed by atoms with Crippen LogP contribution in [0.5, 0.6) is 0 Å². The van der Waals surface area contributed by atoms with E-state index in [0.29, 0.717) is 12.5 Å². The Morgan fingerprint density at radius 2 is 2.20 bits per heavy atom. The second-order valence-electron chi connectivity index (χ2n) is 5.15. The van der Waals surface area contributed by atoms with Crippen molar-refractivity contribution in [2.24, 2.45) is 0 Å². The number of nitrogens with one attached hydrogen (secondary N) is 1. The van der Waals surface area contributed by atoms with Crippen LogP contribution in [0.25, 0.3) is 0 Å². The second kappa shape index (κ2) is 5.63. The molecule has 0 bridgehead atoms. The lowest BCUT2D eigenvalue weighted by molar-refractivity contribution is 0.193. The molecule has 5 nitrogen and oxygen atoms in total. The minimum Gasteiger partial charge on any atom is -0.465 e. The second-order valence-corrected chi connectivity index (χ2v) is 5.15. The molecule has 1 fully saturated rings. The molecular formula is C15H19N3O2. The lowest BCUT2D eigenvalue weighted by atomic mass is 10.0. The van der Waals surface area contributed by atoms with E-state index in [0.717, 1.165) is 48.5 Å². The van der Waals surface area contributed by atoms with Gasteiger partial charge in [0.15, 0.2) is 0 Å². The van der Waals surface area contributed by atoms with Gasteiger partial charge in [-0.05, 0) is 32.4 Å². The van der Waals surface area contributed by atoms with Gasteiger partial charge in [0.1, 0.15) is 23.2 Å². The number of aryl methyl sites for hydroxylation is 2. The summed E-state index contributed by atoms with van der Waals surface area (Å²) >= 11 is 0. The highest BCUT2D eigenvalue weighted by Gasteiger charge is 2.20. The molecule has 0 aromatic carbocycles. The lowest BCUT2D eigenvalue weighted by Crippen LogP contribution is -2.07. The molecule has 0 saturated carbocycles. The van der Waals surface area contributed by atoms with E-state index >= 15 is 0 Å². The summed E-state index contributed by atoms with van der Waals surface area (Å²) in [4.78, 5) is 8.94. The number of rotatable bonds is 4. The Hall–Kier alpha value is -1.88.